The summed E-state index contributed by atoms with van der Waals surface area (Å²) in [6.45, 7) is 6.72. The minimum absolute atomic E-state index is 0.0105. The number of fused-ring (bicyclic) bond motifs is 1. The summed E-state index contributed by atoms with van der Waals surface area (Å²) in [6, 6.07) is 21.6. The van der Waals surface area contributed by atoms with Crippen LogP contribution < -0.4 is 5.32 Å². The number of hydrogen-bond donors (Lipinski definition) is 2. The number of thiazole rings is 1. The Morgan fingerprint density at radius 2 is 1.84 bits per heavy atom. The van der Waals surface area contributed by atoms with Crippen molar-refractivity contribution in [2.45, 2.75) is 46.7 Å². The number of aryl methyl sites for hydroxylation is 1. The number of nitrogens with one attached hydrogen (secondary N) is 1. The predicted octanol–water partition coefficient (Wildman–Crippen LogP) is 6.82. The van der Waals surface area contributed by atoms with Gasteiger partial charge in [-0.1, -0.05) is 44.2 Å². The molecule has 38 heavy (non-hydrogen) atoms. The van der Waals surface area contributed by atoms with Crippen molar-refractivity contribution in [3.63, 3.8) is 0 Å². The van der Waals surface area contributed by atoms with Crippen molar-refractivity contribution in [3.05, 3.63) is 95.3 Å². The lowest BCUT2D eigenvalue weighted by Crippen LogP contribution is -2.31. The first kappa shape index (κ1) is 26.1. The van der Waals surface area contributed by atoms with Crippen LogP contribution in [0.1, 0.15) is 37.0 Å². The minimum atomic E-state index is -0.518. The van der Waals surface area contributed by atoms with Gasteiger partial charge in [-0.3, -0.25) is 4.79 Å². The van der Waals surface area contributed by atoms with Crippen LogP contribution in [0.25, 0.3) is 20.8 Å². The van der Waals surface area contributed by atoms with Crippen LogP contribution in [0.2, 0.25) is 0 Å². The number of benzene rings is 3. The van der Waals surface area contributed by atoms with Gasteiger partial charge in [-0.15, -0.1) is 11.3 Å². The number of aliphatic hydroxyl groups excluding tert-OH is 1. The number of carbonyl (C=O) groups excluding carboxylic acids is 1. The Balaban J connectivity index is 1.24. The van der Waals surface area contributed by atoms with Crippen LogP contribution in [0.15, 0.2) is 78.6 Å². The first-order valence-electron chi connectivity index (χ1n) is 12.9. The number of anilines is 1. The summed E-state index contributed by atoms with van der Waals surface area (Å²) in [7, 11) is 0. The number of aliphatic hydroxyl groups is 1. The highest BCUT2D eigenvalue weighted by molar-refractivity contribution is 7.21. The lowest BCUT2D eigenvalue weighted by molar-refractivity contribution is -0.152. The van der Waals surface area contributed by atoms with E-state index in [2.05, 4.69) is 38.2 Å². The number of allylic oxidation sites excluding steroid dienone is 1. The number of amides is 1. The van der Waals surface area contributed by atoms with Crippen molar-refractivity contribution in [1.82, 2.24) is 4.98 Å². The largest absolute Gasteiger partial charge is 0.459 e. The van der Waals surface area contributed by atoms with Gasteiger partial charge in [-0.25, -0.2) is 4.98 Å². The smallest absolute Gasteiger partial charge is 0.290 e. The van der Waals surface area contributed by atoms with E-state index in [0.717, 1.165) is 31.9 Å². The molecule has 2 N–H and O–H groups in total. The highest BCUT2D eigenvalue weighted by atomic mass is 32.1. The molecule has 1 aliphatic heterocycles. The molecule has 196 valence electrons. The van der Waals surface area contributed by atoms with E-state index in [1.165, 1.54) is 5.56 Å². The number of nitrogens with zero attached hydrogens (tertiary/aromatic N) is 1. The van der Waals surface area contributed by atoms with Crippen LogP contribution in [-0.2, 0) is 27.5 Å². The summed E-state index contributed by atoms with van der Waals surface area (Å²) in [6.07, 6.45) is 2.07. The molecule has 0 unspecified atom stereocenters. The van der Waals surface area contributed by atoms with Gasteiger partial charge in [0.15, 0.2) is 5.76 Å². The van der Waals surface area contributed by atoms with Crippen LogP contribution in [0.3, 0.4) is 0 Å². The molecule has 0 radical (unpaired) electrons. The Kier molecular flexibility index (Phi) is 7.88. The average molecular weight is 529 g/mol. The van der Waals surface area contributed by atoms with Crippen molar-refractivity contribution in [2.75, 3.05) is 5.32 Å². The standard InChI is InChI=1S/C31H32N2O4S/c1-19(2)24-15-27(37-29(16-24)36-18-22-7-5-21(17-34)6-8-22)30(35)32-25-11-9-23(10-12-25)31-33-26-13-4-20(3)14-28(26)38-31/h4-15,19,24,29,34H,16-18H2,1-3H3,(H,32,35)/t24-,29+/m0/s1. The third-order valence-electron chi connectivity index (χ3n) is 6.74. The van der Waals surface area contributed by atoms with Crippen LogP contribution in [0, 0.1) is 18.8 Å². The van der Waals surface area contributed by atoms with Crippen LogP contribution in [-0.4, -0.2) is 22.3 Å². The normalized spacial score (nSPS) is 17.3. The SMILES string of the molecule is Cc1ccc2nc(-c3ccc(NC(=O)C4=C[C@H](C(C)C)C[C@H](OCc5ccc(CO)cc5)O4)cc3)sc2c1. The summed E-state index contributed by atoms with van der Waals surface area (Å²) in [5.74, 6) is 0.491. The summed E-state index contributed by atoms with van der Waals surface area (Å²) >= 11 is 1.66. The summed E-state index contributed by atoms with van der Waals surface area (Å²) in [4.78, 5) is 17.9. The van der Waals surface area contributed by atoms with Gasteiger partial charge in [0, 0.05) is 17.7 Å². The highest BCUT2D eigenvalue weighted by Crippen LogP contribution is 2.32. The van der Waals surface area contributed by atoms with Crippen molar-refractivity contribution >= 4 is 33.1 Å². The fourth-order valence-corrected chi connectivity index (χ4v) is 5.45. The minimum Gasteiger partial charge on any atom is -0.459 e. The number of hydrogen-bond acceptors (Lipinski definition) is 6. The van der Waals surface area contributed by atoms with Gasteiger partial charge < -0.3 is 19.9 Å². The molecule has 3 aromatic carbocycles. The van der Waals surface area contributed by atoms with Gasteiger partial charge in [0.1, 0.15) is 5.01 Å². The molecule has 1 aromatic heterocycles. The molecule has 5 rings (SSSR count). The van der Waals surface area contributed by atoms with Crippen LogP contribution >= 0.6 is 11.3 Å². The second-order valence-electron chi connectivity index (χ2n) is 10.0. The number of ether oxygens (including phenoxy) is 2. The van der Waals surface area contributed by atoms with E-state index in [9.17, 15) is 9.90 Å². The van der Waals surface area contributed by atoms with E-state index in [4.69, 9.17) is 14.5 Å². The second-order valence-corrected chi connectivity index (χ2v) is 11.1. The maximum absolute atomic E-state index is 13.1. The quantitative estimate of drug-likeness (QED) is 0.262. The molecule has 6 nitrogen and oxygen atoms in total. The first-order chi connectivity index (χ1) is 18.4. The first-order valence-corrected chi connectivity index (χ1v) is 13.7. The van der Waals surface area contributed by atoms with E-state index in [1.54, 1.807) is 11.3 Å². The van der Waals surface area contributed by atoms with Gasteiger partial charge >= 0.3 is 0 Å². The molecular weight excluding hydrogens is 496 g/mol. The Morgan fingerprint density at radius 1 is 1.11 bits per heavy atom. The van der Waals surface area contributed by atoms with Crippen molar-refractivity contribution in [1.29, 1.82) is 0 Å². The van der Waals surface area contributed by atoms with Crippen LogP contribution in [0.5, 0.6) is 0 Å². The van der Waals surface area contributed by atoms with Crippen molar-refractivity contribution in [2.24, 2.45) is 11.8 Å². The van der Waals surface area contributed by atoms with Gasteiger partial charge in [0.25, 0.3) is 5.91 Å². The summed E-state index contributed by atoms with van der Waals surface area (Å²) in [5.41, 5.74) is 5.74. The molecule has 0 bridgehead atoms. The van der Waals surface area contributed by atoms with Crippen molar-refractivity contribution < 1.29 is 19.4 Å². The molecule has 0 saturated carbocycles. The molecule has 2 atom stereocenters. The molecule has 1 amide bonds. The van der Waals surface area contributed by atoms with E-state index in [-0.39, 0.29) is 24.2 Å². The molecule has 0 aliphatic carbocycles. The maximum atomic E-state index is 13.1. The Hall–Kier alpha value is -3.52. The highest BCUT2D eigenvalue weighted by Gasteiger charge is 2.29. The van der Waals surface area contributed by atoms with Gasteiger partial charge in [-0.2, -0.15) is 0 Å². The van der Waals surface area contributed by atoms with E-state index in [0.29, 0.717) is 24.6 Å². The monoisotopic (exact) mass is 528 g/mol. The topological polar surface area (TPSA) is 80.7 Å². The average Bonchev–Trinajstić information content (AvgIpc) is 3.35. The molecule has 0 fully saturated rings. The maximum Gasteiger partial charge on any atom is 0.290 e. The van der Waals surface area contributed by atoms with E-state index in [1.807, 2.05) is 60.7 Å². The van der Waals surface area contributed by atoms with Gasteiger partial charge in [0.05, 0.1) is 23.4 Å². The van der Waals surface area contributed by atoms with Crippen molar-refractivity contribution in [3.8, 4) is 10.6 Å². The zero-order valence-electron chi connectivity index (χ0n) is 21.8. The number of rotatable bonds is 8. The lowest BCUT2D eigenvalue weighted by atomic mass is 9.90. The molecule has 0 spiro atoms. The Morgan fingerprint density at radius 3 is 2.55 bits per heavy atom. The predicted molar refractivity (Wildman–Crippen MR) is 151 cm³/mol. The van der Waals surface area contributed by atoms with Gasteiger partial charge in [0.2, 0.25) is 6.29 Å². The lowest BCUT2D eigenvalue weighted by Gasteiger charge is -2.31. The molecule has 4 aromatic rings. The Labute approximate surface area is 227 Å². The molecular formula is C31H32N2O4S. The zero-order valence-corrected chi connectivity index (χ0v) is 22.6. The third kappa shape index (κ3) is 6.13. The van der Waals surface area contributed by atoms with E-state index >= 15 is 0 Å². The van der Waals surface area contributed by atoms with Crippen LogP contribution in [0.4, 0.5) is 5.69 Å². The number of aromatic nitrogens is 1. The van der Waals surface area contributed by atoms with Gasteiger partial charge in [-0.05, 0) is 77.9 Å². The molecule has 0 saturated heterocycles. The summed E-state index contributed by atoms with van der Waals surface area (Å²) < 4.78 is 13.2. The fourth-order valence-electron chi connectivity index (χ4n) is 4.38. The fraction of sp³-hybridized carbons (Fsp3) is 0.290. The van der Waals surface area contributed by atoms with E-state index < -0.39 is 6.29 Å². The number of carbonyl (C=O) groups is 1. The molecule has 2 heterocycles. The Bertz CT molecular complexity index is 1440. The zero-order chi connectivity index (χ0) is 26.6. The molecule has 7 heteroatoms. The third-order valence-corrected chi connectivity index (χ3v) is 7.81. The second kappa shape index (κ2) is 11.5. The molecule has 1 aliphatic rings. The summed E-state index contributed by atoms with van der Waals surface area (Å²) in [5, 5.41) is 13.1.